The van der Waals surface area contributed by atoms with E-state index in [0.717, 1.165) is 50.7 Å². The number of halogens is 1. The molecule has 3 aliphatic carbocycles. The summed E-state index contributed by atoms with van der Waals surface area (Å²) in [7, 11) is 0. The van der Waals surface area contributed by atoms with E-state index in [9.17, 15) is 14.4 Å². The van der Waals surface area contributed by atoms with Gasteiger partial charge in [0.15, 0.2) is 11.6 Å². The molecule has 2 N–H and O–H groups in total. The van der Waals surface area contributed by atoms with Crippen molar-refractivity contribution in [2.24, 2.45) is 17.8 Å². The molecule has 3 aromatic rings. The van der Waals surface area contributed by atoms with Gasteiger partial charge in [0.25, 0.3) is 0 Å². The van der Waals surface area contributed by atoms with Crippen LogP contribution in [-0.2, 0) is 15.9 Å². The van der Waals surface area contributed by atoms with Crippen LogP contribution in [-0.4, -0.2) is 42.1 Å². The van der Waals surface area contributed by atoms with Crippen molar-refractivity contribution in [1.82, 2.24) is 0 Å². The Morgan fingerprint density at radius 2 is 1.69 bits per heavy atom. The van der Waals surface area contributed by atoms with Crippen LogP contribution in [0.2, 0.25) is 5.02 Å². The largest absolute Gasteiger partial charge is 0.459 e. The molecule has 0 amide bonds. The minimum absolute atomic E-state index is 0.0124. The number of fused-ring (bicyclic) bond motifs is 3. The van der Waals surface area contributed by atoms with Gasteiger partial charge in [0, 0.05) is 39.0 Å². The summed E-state index contributed by atoms with van der Waals surface area (Å²) in [4.78, 5) is 41.9. The zero-order valence-corrected chi connectivity index (χ0v) is 27.4. The second kappa shape index (κ2) is 13.7. The number of ether oxygens (including phenoxy) is 2. The van der Waals surface area contributed by atoms with Crippen LogP contribution in [0.4, 0.5) is 5.69 Å². The maximum Gasteiger partial charge on any atom is 0.340 e. The van der Waals surface area contributed by atoms with Gasteiger partial charge in [0.2, 0.25) is 0 Å². The molecule has 2 saturated carbocycles. The molecule has 0 radical (unpaired) electrons. The molecule has 0 aliphatic heterocycles. The third kappa shape index (κ3) is 6.72. The van der Waals surface area contributed by atoms with Crippen molar-refractivity contribution in [2.75, 3.05) is 18.1 Å². The third-order valence-electron chi connectivity index (χ3n) is 9.43. The van der Waals surface area contributed by atoms with Crippen molar-refractivity contribution in [2.45, 2.75) is 75.9 Å². The van der Waals surface area contributed by atoms with E-state index in [1.807, 2.05) is 24.3 Å². The van der Waals surface area contributed by atoms with Gasteiger partial charge in [-0.1, -0.05) is 68.3 Å². The standard InChI is InChI=1S/C37H40ClNO5S/c1-21(2)20-43-30-9-5-6-23-18-25(14-15-26(23)30)44-37(42)29-19-31(45-17-16-22-10-12-24(38)13-11-22)32-33(34(29)39)36(41)28-8-4-3-7-27(28)35(32)40/h3-4,7-8,10-13,19,21,23,25-26,30H,5-6,9,14-18,20,39H2,1-2H3. The zero-order valence-electron chi connectivity index (χ0n) is 25.9. The molecule has 2 fully saturated rings. The molecular weight excluding hydrogens is 606 g/mol. The van der Waals surface area contributed by atoms with Gasteiger partial charge >= 0.3 is 5.97 Å². The van der Waals surface area contributed by atoms with Gasteiger partial charge in [-0.3, -0.25) is 9.59 Å². The van der Waals surface area contributed by atoms with Crippen LogP contribution >= 0.6 is 23.4 Å². The molecule has 3 aromatic carbocycles. The number of rotatable bonds is 9. The smallest absolute Gasteiger partial charge is 0.340 e. The van der Waals surface area contributed by atoms with E-state index < -0.39 is 5.97 Å². The number of nitrogen functional groups attached to an aromatic ring is 1. The molecule has 0 saturated heterocycles. The molecule has 6 nitrogen and oxygen atoms in total. The van der Waals surface area contributed by atoms with Crippen molar-refractivity contribution in [3.05, 3.63) is 93.0 Å². The fourth-order valence-electron chi connectivity index (χ4n) is 7.20. The summed E-state index contributed by atoms with van der Waals surface area (Å²) in [6.45, 7) is 5.12. The molecule has 0 aromatic heterocycles. The highest BCUT2D eigenvalue weighted by atomic mass is 35.5. The van der Waals surface area contributed by atoms with Crippen LogP contribution in [0.3, 0.4) is 0 Å². The topological polar surface area (TPSA) is 95.7 Å². The molecular formula is C37H40ClNO5S. The molecule has 4 atom stereocenters. The number of hydrogen-bond acceptors (Lipinski definition) is 7. The second-order valence-corrected chi connectivity index (χ2v) is 14.5. The Balaban J connectivity index is 1.24. The van der Waals surface area contributed by atoms with Crippen molar-refractivity contribution in [1.29, 1.82) is 0 Å². The summed E-state index contributed by atoms with van der Waals surface area (Å²) in [6.07, 6.45) is 6.63. The highest BCUT2D eigenvalue weighted by Gasteiger charge is 2.41. The van der Waals surface area contributed by atoms with Crippen molar-refractivity contribution < 1.29 is 23.9 Å². The van der Waals surface area contributed by atoms with E-state index >= 15 is 0 Å². The van der Waals surface area contributed by atoms with Crippen LogP contribution in [0.1, 0.15) is 100 Å². The molecule has 45 heavy (non-hydrogen) atoms. The summed E-state index contributed by atoms with van der Waals surface area (Å²) in [5, 5.41) is 0.668. The Bertz CT molecular complexity index is 1600. The number of thioether (sulfide) groups is 1. The predicted molar refractivity (Wildman–Crippen MR) is 179 cm³/mol. The molecule has 0 bridgehead atoms. The fourth-order valence-corrected chi connectivity index (χ4v) is 8.43. The minimum Gasteiger partial charge on any atom is -0.459 e. The van der Waals surface area contributed by atoms with Gasteiger partial charge in [0.05, 0.1) is 22.9 Å². The Morgan fingerprint density at radius 3 is 2.40 bits per heavy atom. The SMILES string of the molecule is CC(C)COC1CCCC2CC(OC(=O)c3cc(SCCc4ccc(Cl)cc4)c4c(c3N)C(=O)c3ccccc3C4=O)CCC21. The average molecular weight is 646 g/mol. The first kappa shape index (κ1) is 31.8. The lowest BCUT2D eigenvalue weighted by atomic mass is 9.68. The van der Waals surface area contributed by atoms with E-state index in [2.05, 4.69) is 13.8 Å². The van der Waals surface area contributed by atoms with Crippen LogP contribution in [0.15, 0.2) is 59.5 Å². The Labute approximate surface area is 274 Å². The van der Waals surface area contributed by atoms with E-state index in [-0.39, 0.29) is 46.2 Å². The Kier molecular flexibility index (Phi) is 9.69. The van der Waals surface area contributed by atoms with Crippen molar-refractivity contribution >= 4 is 46.6 Å². The summed E-state index contributed by atoms with van der Waals surface area (Å²) < 4.78 is 12.4. The summed E-state index contributed by atoms with van der Waals surface area (Å²) in [5.41, 5.74) is 8.87. The highest BCUT2D eigenvalue weighted by Crippen LogP contribution is 2.44. The quantitative estimate of drug-likeness (QED) is 0.111. The van der Waals surface area contributed by atoms with Crippen molar-refractivity contribution in [3.8, 4) is 0 Å². The zero-order chi connectivity index (χ0) is 31.7. The lowest BCUT2D eigenvalue weighted by Gasteiger charge is -2.43. The average Bonchev–Trinajstić information content (AvgIpc) is 3.03. The number of ketones is 2. The highest BCUT2D eigenvalue weighted by molar-refractivity contribution is 7.99. The van der Waals surface area contributed by atoms with Crippen molar-refractivity contribution in [3.63, 3.8) is 0 Å². The molecule has 6 rings (SSSR count). The van der Waals surface area contributed by atoms with E-state index in [0.29, 0.717) is 51.0 Å². The summed E-state index contributed by atoms with van der Waals surface area (Å²) in [5.74, 6) is 0.933. The monoisotopic (exact) mass is 645 g/mol. The predicted octanol–water partition coefficient (Wildman–Crippen LogP) is 8.20. The van der Waals surface area contributed by atoms with Gasteiger partial charge < -0.3 is 15.2 Å². The van der Waals surface area contributed by atoms with E-state index in [1.165, 1.54) is 11.8 Å². The summed E-state index contributed by atoms with van der Waals surface area (Å²) in [6, 6.07) is 16.1. The van der Waals surface area contributed by atoms with Gasteiger partial charge in [-0.25, -0.2) is 4.79 Å². The van der Waals surface area contributed by atoms with Crippen LogP contribution < -0.4 is 5.73 Å². The Hall–Kier alpha value is -3.13. The van der Waals surface area contributed by atoms with E-state index in [4.69, 9.17) is 26.8 Å². The van der Waals surface area contributed by atoms with Gasteiger partial charge in [0.1, 0.15) is 6.10 Å². The first-order valence-corrected chi connectivity index (χ1v) is 17.4. The number of aryl methyl sites for hydroxylation is 1. The molecule has 4 unspecified atom stereocenters. The first-order chi connectivity index (χ1) is 21.7. The van der Waals surface area contributed by atoms with Gasteiger partial charge in [-0.15, -0.1) is 11.8 Å². The number of esters is 1. The molecule has 3 aliphatic rings. The third-order valence-corrected chi connectivity index (χ3v) is 10.7. The fraction of sp³-hybridized carbons (Fsp3) is 0.432. The molecule has 8 heteroatoms. The van der Waals surface area contributed by atoms with E-state index in [1.54, 1.807) is 30.3 Å². The van der Waals surface area contributed by atoms with Crippen LogP contribution in [0.25, 0.3) is 0 Å². The number of carbonyl (C=O) groups excluding carboxylic acids is 3. The van der Waals surface area contributed by atoms with Gasteiger partial charge in [-0.2, -0.15) is 0 Å². The molecule has 236 valence electrons. The maximum absolute atomic E-state index is 13.8. The number of nitrogens with two attached hydrogens (primary N) is 1. The maximum atomic E-state index is 13.8. The summed E-state index contributed by atoms with van der Waals surface area (Å²) >= 11 is 7.49. The normalized spacial score (nSPS) is 22.5. The van der Waals surface area contributed by atoms with Crippen LogP contribution in [0.5, 0.6) is 0 Å². The number of benzene rings is 3. The lowest BCUT2D eigenvalue weighted by molar-refractivity contribution is -0.0756. The second-order valence-electron chi connectivity index (χ2n) is 13.0. The molecule has 0 heterocycles. The number of anilines is 1. The first-order valence-electron chi connectivity index (χ1n) is 16.1. The number of carbonyl (C=O) groups is 3. The lowest BCUT2D eigenvalue weighted by Crippen LogP contribution is -2.41. The minimum atomic E-state index is -0.541. The van der Waals surface area contributed by atoms with Crippen LogP contribution in [0, 0.1) is 17.8 Å². The number of hydrogen-bond donors (Lipinski definition) is 1. The Morgan fingerprint density at radius 1 is 0.978 bits per heavy atom. The molecule has 0 spiro atoms. The van der Waals surface area contributed by atoms with Gasteiger partial charge in [-0.05, 0) is 80.0 Å².